The lowest BCUT2D eigenvalue weighted by Crippen LogP contribution is -2.41. The molecule has 3 aromatic carbocycles. The normalized spacial score (nSPS) is 21.1. The molecule has 0 saturated carbocycles. The number of nitrogens with zero attached hydrogens (tertiary/aromatic N) is 2. The summed E-state index contributed by atoms with van der Waals surface area (Å²) in [5, 5.41) is 17.4. The van der Waals surface area contributed by atoms with Gasteiger partial charge in [-0.2, -0.15) is 5.10 Å². The highest BCUT2D eigenvalue weighted by Crippen LogP contribution is 2.52. The second-order valence-corrected chi connectivity index (χ2v) is 9.10. The first-order valence-corrected chi connectivity index (χ1v) is 11.9. The molecular formula is C28H26N2O7. The maximum atomic E-state index is 13.0. The molecule has 0 spiro atoms. The van der Waals surface area contributed by atoms with Crippen molar-refractivity contribution in [2.24, 2.45) is 16.9 Å². The van der Waals surface area contributed by atoms with Gasteiger partial charge in [-0.1, -0.05) is 18.2 Å². The molecule has 37 heavy (non-hydrogen) atoms. The number of hydrazone groups is 1. The van der Waals surface area contributed by atoms with Crippen LogP contribution in [0.15, 0.2) is 59.7 Å². The van der Waals surface area contributed by atoms with E-state index in [2.05, 4.69) is 0 Å². The van der Waals surface area contributed by atoms with E-state index in [1.54, 1.807) is 14.2 Å². The van der Waals surface area contributed by atoms with Crippen molar-refractivity contribution in [2.45, 2.75) is 5.92 Å². The highest BCUT2D eigenvalue weighted by Gasteiger charge is 2.50. The summed E-state index contributed by atoms with van der Waals surface area (Å²) in [5.41, 5.74) is 4.02. The quantitative estimate of drug-likeness (QED) is 0.537. The number of carbonyl (C=O) groups is 1. The Bertz CT molecular complexity index is 1380. The number of carboxylic acids is 1. The summed E-state index contributed by atoms with van der Waals surface area (Å²) >= 11 is 0. The first-order chi connectivity index (χ1) is 18.0. The van der Waals surface area contributed by atoms with Gasteiger partial charge in [-0.15, -0.1) is 0 Å². The fourth-order valence-corrected chi connectivity index (χ4v) is 5.66. The van der Waals surface area contributed by atoms with Gasteiger partial charge in [0.1, 0.15) is 0 Å². The van der Waals surface area contributed by atoms with Crippen LogP contribution in [0, 0.1) is 11.8 Å². The zero-order chi connectivity index (χ0) is 25.7. The van der Waals surface area contributed by atoms with Crippen molar-refractivity contribution in [1.29, 1.82) is 0 Å². The third-order valence-electron chi connectivity index (χ3n) is 7.28. The van der Waals surface area contributed by atoms with E-state index in [9.17, 15) is 9.90 Å². The SMILES string of the molecule is COc1cc([C@@H]2c3cc4c(cc3C3=NN(c5ccccc5)C[C@@H]3[C@H]2C(=O)O)OCO4)cc(OC)c1OC. The van der Waals surface area contributed by atoms with E-state index >= 15 is 0 Å². The highest BCUT2D eigenvalue weighted by molar-refractivity contribution is 6.09. The number of anilines is 1. The molecule has 1 aliphatic carbocycles. The Morgan fingerprint density at radius 2 is 1.65 bits per heavy atom. The molecular weight excluding hydrogens is 476 g/mol. The minimum atomic E-state index is -0.908. The molecule has 3 aliphatic rings. The Morgan fingerprint density at radius 1 is 0.973 bits per heavy atom. The largest absolute Gasteiger partial charge is 0.493 e. The molecule has 6 rings (SSSR count). The molecule has 190 valence electrons. The number of fused-ring (bicyclic) bond motifs is 4. The van der Waals surface area contributed by atoms with Gasteiger partial charge in [0, 0.05) is 17.4 Å². The third kappa shape index (κ3) is 3.61. The van der Waals surface area contributed by atoms with Crippen LogP contribution in [-0.4, -0.2) is 51.5 Å². The van der Waals surface area contributed by atoms with Gasteiger partial charge in [0.05, 0.1) is 45.2 Å². The fourth-order valence-electron chi connectivity index (χ4n) is 5.66. The topological polar surface area (TPSA) is 99.1 Å². The van der Waals surface area contributed by atoms with Gasteiger partial charge in [-0.3, -0.25) is 9.80 Å². The van der Waals surface area contributed by atoms with Crippen LogP contribution in [0.4, 0.5) is 5.69 Å². The lowest BCUT2D eigenvalue weighted by Gasteiger charge is -2.36. The number of hydrogen-bond acceptors (Lipinski definition) is 8. The van der Waals surface area contributed by atoms with Crippen LogP contribution < -0.4 is 28.7 Å². The highest BCUT2D eigenvalue weighted by atomic mass is 16.7. The molecule has 0 bridgehead atoms. The standard InChI is InChI=1S/C28H26N2O7/c1-33-22-9-15(10-23(34-2)27(22)35-3)24-17-11-20-21(37-14-36-20)12-18(17)26-19(25(24)28(31)32)13-30(29-26)16-7-5-4-6-8-16/h4-12,19,24-25H,13-14H2,1-3H3,(H,31,32)/t19-,24-,25-/m1/s1. The van der Waals surface area contributed by atoms with Gasteiger partial charge < -0.3 is 28.8 Å². The molecule has 3 atom stereocenters. The molecule has 2 aliphatic heterocycles. The van der Waals surface area contributed by atoms with E-state index in [0.717, 1.165) is 28.1 Å². The zero-order valence-electron chi connectivity index (χ0n) is 20.6. The molecule has 9 heteroatoms. The molecule has 3 aromatic rings. The predicted octanol–water partition coefficient (Wildman–Crippen LogP) is 4.13. The van der Waals surface area contributed by atoms with Crippen LogP contribution >= 0.6 is 0 Å². The predicted molar refractivity (Wildman–Crippen MR) is 135 cm³/mol. The summed E-state index contributed by atoms with van der Waals surface area (Å²) in [5.74, 6) is -0.0446. The number of rotatable bonds is 6. The Labute approximate surface area is 213 Å². The van der Waals surface area contributed by atoms with Gasteiger partial charge in [-0.25, -0.2) is 0 Å². The first kappa shape index (κ1) is 23.0. The number of ether oxygens (including phenoxy) is 5. The summed E-state index contributed by atoms with van der Waals surface area (Å²) in [6.45, 7) is 0.548. The molecule has 0 unspecified atom stereocenters. The number of methoxy groups -OCH3 is 3. The summed E-state index contributed by atoms with van der Waals surface area (Å²) in [6.07, 6.45) is 0. The van der Waals surface area contributed by atoms with Gasteiger partial charge in [0.15, 0.2) is 23.0 Å². The van der Waals surface area contributed by atoms with E-state index in [0.29, 0.717) is 35.3 Å². The van der Waals surface area contributed by atoms with Gasteiger partial charge in [-0.05, 0) is 47.5 Å². The third-order valence-corrected chi connectivity index (χ3v) is 7.28. The van der Waals surface area contributed by atoms with Crippen molar-refractivity contribution in [3.8, 4) is 28.7 Å². The van der Waals surface area contributed by atoms with Crippen LogP contribution in [-0.2, 0) is 4.79 Å². The molecule has 0 amide bonds. The van der Waals surface area contributed by atoms with Crippen LogP contribution in [0.2, 0.25) is 0 Å². The van der Waals surface area contributed by atoms with Crippen molar-refractivity contribution in [3.05, 3.63) is 71.3 Å². The number of benzene rings is 3. The average molecular weight is 503 g/mol. The fraction of sp³-hybridized carbons (Fsp3) is 0.286. The minimum Gasteiger partial charge on any atom is -0.493 e. The van der Waals surface area contributed by atoms with Crippen LogP contribution in [0.25, 0.3) is 0 Å². The number of carboxylic acid groups (broad SMARTS) is 1. The molecule has 9 nitrogen and oxygen atoms in total. The number of aliphatic carboxylic acids is 1. The van der Waals surface area contributed by atoms with Gasteiger partial charge >= 0.3 is 5.97 Å². The van der Waals surface area contributed by atoms with E-state index < -0.39 is 17.8 Å². The lowest BCUT2D eigenvalue weighted by molar-refractivity contribution is -0.143. The molecule has 0 saturated heterocycles. The Balaban J connectivity index is 1.57. The first-order valence-electron chi connectivity index (χ1n) is 11.9. The van der Waals surface area contributed by atoms with Crippen molar-refractivity contribution >= 4 is 17.4 Å². The van der Waals surface area contributed by atoms with Crippen LogP contribution in [0.3, 0.4) is 0 Å². The molecule has 2 heterocycles. The second kappa shape index (κ2) is 8.92. The van der Waals surface area contributed by atoms with Crippen molar-refractivity contribution < 1.29 is 33.6 Å². The van der Waals surface area contributed by atoms with Gasteiger partial charge in [0.25, 0.3) is 0 Å². The summed E-state index contributed by atoms with van der Waals surface area (Å²) in [4.78, 5) is 13.0. The van der Waals surface area contributed by atoms with E-state index in [-0.39, 0.29) is 12.7 Å². The Hall–Kier alpha value is -4.40. The maximum absolute atomic E-state index is 13.0. The lowest BCUT2D eigenvalue weighted by atomic mass is 9.65. The molecule has 0 fully saturated rings. The van der Waals surface area contributed by atoms with E-state index in [1.807, 2.05) is 59.6 Å². The molecule has 1 N–H and O–H groups in total. The van der Waals surface area contributed by atoms with E-state index in [4.69, 9.17) is 28.8 Å². The average Bonchev–Trinajstić information content (AvgIpc) is 3.57. The molecule has 0 aromatic heterocycles. The van der Waals surface area contributed by atoms with Gasteiger partial charge in [0.2, 0.25) is 12.5 Å². The van der Waals surface area contributed by atoms with Crippen LogP contribution in [0.5, 0.6) is 28.7 Å². The summed E-state index contributed by atoms with van der Waals surface area (Å²) < 4.78 is 28.1. The second-order valence-electron chi connectivity index (χ2n) is 9.10. The van der Waals surface area contributed by atoms with Crippen molar-refractivity contribution in [2.75, 3.05) is 39.7 Å². The Kier molecular flexibility index (Phi) is 5.55. The van der Waals surface area contributed by atoms with Crippen LogP contribution in [0.1, 0.15) is 22.6 Å². The molecule has 0 radical (unpaired) electrons. The zero-order valence-corrected chi connectivity index (χ0v) is 20.6. The van der Waals surface area contributed by atoms with E-state index in [1.165, 1.54) is 7.11 Å². The van der Waals surface area contributed by atoms with Crippen molar-refractivity contribution in [3.63, 3.8) is 0 Å². The Morgan fingerprint density at radius 3 is 2.27 bits per heavy atom. The number of hydrogen-bond donors (Lipinski definition) is 1. The number of para-hydroxylation sites is 1. The smallest absolute Gasteiger partial charge is 0.308 e. The van der Waals surface area contributed by atoms with Crippen molar-refractivity contribution in [1.82, 2.24) is 0 Å². The summed E-state index contributed by atoms with van der Waals surface area (Å²) in [7, 11) is 4.63. The minimum absolute atomic E-state index is 0.113. The summed E-state index contributed by atoms with van der Waals surface area (Å²) in [6, 6.07) is 17.2. The maximum Gasteiger partial charge on any atom is 0.308 e. The monoisotopic (exact) mass is 502 g/mol.